The zero-order chi connectivity index (χ0) is 20.0. The van der Waals surface area contributed by atoms with Crippen molar-refractivity contribution in [2.45, 2.75) is 69.9 Å². The van der Waals surface area contributed by atoms with Crippen LogP contribution in [0.3, 0.4) is 0 Å². The van der Waals surface area contributed by atoms with Crippen LogP contribution in [0.2, 0.25) is 18.1 Å². The number of benzene rings is 1. The lowest BCUT2D eigenvalue weighted by Crippen LogP contribution is -2.48. The average Bonchev–Trinajstić information content (AvgIpc) is 2.58. The van der Waals surface area contributed by atoms with Crippen molar-refractivity contribution in [3.8, 4) is 0 Å². The maximum atomic E-state index is 11.8. The highest BCUT2D eigenvalue weighted by atomic mass is 32.2. The third kappa shape index (κ3) is 6.52. The Morgan fingerprint density at radius 2 is 1.73 bits per heavy atom. The molecular weight excluding hydrogens is 360 g/mol. The van der Waals surface area contributed by atoms with Gasteiger partial charge in [-0.3, -0.25) is 0 Å². The van der Waals surface area contributed by atoms with E-state index in [1.807, 2.05) is 17.8 Å². The van der Waals surface area contributed by atoms with E-state index in [0.717, 1.165) is 12.0 Å². The normalized spacial score (nSPS) is 17.4. The molecule has 26 heavy (non-hydrogen) atoms. The summed E-state index contributed by atoms with van der Waals surface area (Å²) >= 11 is 1.83. The van der Waals surface area contributed by atoms with Gasteiger partial charge in [0.25, 0.3) is 0 Å². The van der Waals surface area contributed by atoms with Crippen LogP contribution in [-0.2, 0) is 14.0 Å². The van der Waals surface area contributed by atoms with Crippen molar-refractivity contribution in [1.29, 1.82) is 0 Å². The Morgan fingerprint density at radius 1 is 1.15 bits per heavy atom. The molecule has 0 fully saturated rings. The molecule has 0 aliphatic heterocycles. The van der Waals surface area contributed by atoms with Gasteiger partial charge in [-0.15, -0.1) is 11.8 Å². The molecule has 1 aromatic carbocycles. The van der Waals surface area contributed by atoms with Gasteiger partial charge in [-0.05, 0) is 36.2 Å². The minimum absolute atomic E-state index is 0.0120. The number of rotatable bonds is 10. The fourth-order valence-electron chi connectivity index (χ4n) is 2.77. The summed E-state index contributed by atoms with van der Waals surface area (Å²) < 4.78 is 12.2. The van der Waals surface area contributed by atoms with Gasteiger partial charge in [0.05, 0.1) is 6.10 Å². The van der Waals surface area contributed by atoms with Crippen molar-refractivity contribution in [2.24, 2.45) is 11.8 Å². The van der Waals surface area contributed by atoms with Crippen LogP contribution in [0, 0.1) is 11.8 Å². The first kappa shape index (κ1) is 23.4. The van der Waals surface area contributed by atoms with Crippen LogP contribution in [0.5, 0.6) is 0 Å². The maximum absolute atomic E-state index is 11.8. The summed E-state index contributed by atoms with van der Waals surface area (Å²) in [5.74, 6) is 1.27. The van der Waals surface area contributed by atoms with Gasteiger partial charge in [0.1, 0.15) is 12.4 Å². The smallest absolute Gasteiger partial charge is 0.193 e. The summed E-state index contributed by atoms with van der Waals surface area (Å²) in [6.45, 7) is 15.2. The first-order valence-electron chi connectivity index (χ1n) is 9.37. The number of hydrogen-bond donors (Lipinski definition) is 0. The second-order valence-electron chi connectivity index (χ2n) is 8.64. The molecule has 0 aliphatic rings. The van der Waals surface area contributed by atoms with Crippen LogP contribution in [0.25, 0.3) is 0 Å². The highest BCUT2D eigenvalue weighted by Crippen LogP contribution is 2.38. The molecule has 0 spiro atoms. The highest BCUT2D eigenvalue weighted by molar-refractivity contribution is 7.99. The molecular formula is C21H36O3SSi. The van der Waals surface area contributed by atoms with E-state index in [2.05, 4.69) is 72.0 Å². The van der Waals surface area contributed by atoms with Crippen LogP contribution >= 0.6 is 11.8 Å². The third-order valence-electron chi connectivity index (χ3n) is 5.50. The molecule has 148 valence electrons. The molecule has 0 saturated carbocycles. The topological polar surface area (TPSA) is 35.5 Å². The van der Waals surface area contributed by atoms with Gasteiger partial charge in [-0.2, -0.15) is 0 Å². The molecule has 4 atom stereocenters. The molecule has 5 heteroatoms. The van der Waals surface area contributed by atoms with Crippen molar-refractivity contribution >= 4 is 26.4 Å². The number of ether oxygens (including phenoxy) is 1. The Hall–Kier alpha value is -0.623. The van der Waals surface area contributed by atoms with Gasteiger partial charge in [-0.1, -0.05) is 52.8 Å². The van der Waals surface area contributed by atoms with E-state index >= 15 is 0 Å². The summed E-state index contributed by atoms with van der Waals surface area (Å²) in [6, 6.07) is 10.4. The fourth-order valence-corrected chi connectivity index (χ4v) is 5.07. The van der Waals surface area contributed by atoms with Crippen LogP contribution in [-0.4, -0.2) is 39.7 Å². The van der Waals surface area contributed by atoms with Crippen molar-refractivity contribution < 1.29 is 14.0 Å². The Labute approximate surface area is 165 Å². The van der Waals surface area contributed by atoms with Crippen molar-refractivity contribution in [1.82, 2.24) is 0 Å². The highest BCUT2D eigenvalue weighted by Gasteiger charge is 2.41. The molecule has 0 bridgehead atoms. The summed E-state index contributed by atoms with van der Waals surface area (Å²) in [4.78, 5) is 13.1. The van der Waals surface area contributed by atoms with Gasteiger partial charge < -0.3 is 14.0 Å². The Bertz CT molecular complexity index is 542. The Kier molecular flexibility index (Phi) is 9.07. The lowest BCUT2D eigenvalue weighted by molar-refractivity contribution is -0.120. The predicted octanol–water partition coefficient (Wildman–Crippen LogP) is 5.66. The molecule has 1 rings (SSSR count). The van der Waals surface area contributed by atoms with Crippen LogP contribution in [0.15, 0.2) is 35.2 Å². The largest absolute Gasteiger partial charge is 0.407 e. The average molecular weight is 397 g/mol. The van der Waals surface area contributed by atoms with E-state index in [4.69, 9.17) is 9.16 Å². The molecule has 1 aromatic rings. The molecule has 0 saturated heterocycles. The number of aldehydes is 1. The Morgan fingerprint density at radius 3 is 2.19 bits per heavy atom. The summed E-state index contributed by atoms with van der Waals surface area (Å²) in [5, 5.41) is 0.0747. The zero-order valence-corrected chi connectivity index (χ0v) is 19.4. The number of thioether (sulfide) groups is 1. The number of methoxy groups -OCH3 is 1. The van der Waals surface area contributed by atoms with E-state index < -0.39 is 14.4 Å². The predicted molar refractivity (Wildman–Crippen MR) is 114 cm³/mol. The van der Waals surface area contributed by atoms with Crippen molar-refractivity contribution in [2.75, 3.05) is 12.9 Å². The van der Waals surface area contributed by atoms with E-state index in [1.165, 1.54) is 4.90 Å². The summed E-state index contributed by atoms with van der Waals surface area (Å²) in [7, 11) is -0.273. The first-order chi connectivity index (χ1) is 12.0. The van der Waals surface area contributed by atoms with Crippen LogP contribution in [0.4, 0.5) is 0 Å². The second kappa shape index (κ2) is 10.1. The third-order valence-corrected chi connectivity index (χ3v) is 11.3. The monoisotopic (exact) mass is 396 g/mol. The van der Waals surface area contributed by atoms with Gasteiger partial charge in [0.2, 0.25) is 0 Å². The lowest BCUT2D eigenvalue weighted by atomic mass is 9.90. The fraction of sp³-hybridized carbons (Fsp3) is 0.667. The molecule has 0 amide bonds. The molecule has 0 heterocycles. The maximum Gasteiger partial charge on any atom is 0.193 e. The van der Waals surface area contributed by atoms with Crippen LogP contribution < -0.4 is 0 Å². The van der Waals surface area contributed by atoms with E-state index in [-0.39, 0.29) is 17.1 Å². The van der Waals surface area contributed by atoms with Crippen molar-refractivity contribution in [3.63, 3.8) is 0 Å². The van der Waals surface area contributed by atoms with Crippen LogP contribution in [0.1, 0.15) is 34.6 Å². The first-order valence-corrected chi connectivity index (χ1v) is 13.3. The molecule has 3 nitrogen and oxygen atoms in total. The summed E-state index contributed by atoms with van der Waals surface area (Å²) in [5.41, 5.74) is 0. The number of carbonyl (C=O) groups is 1. The standard InChI is InChI=1S/C21H36O3SSi/c1-16(15-25-18-12-10-9-11-13-18)20(23-6)17(2)19(14-22)24-26(7,8)21(3,4)5/h9-14,16-17,19-20H,15H2,1-8H3/t16-,17+,19-,20+/m0/s1. The van der Waals surface area contributed by atoms with E-state index in [1.54, 1.807) is 7.11 Å². The van der Waals surface area contributed by atoms with Crippen molar-refractivity contribution in [3.05, 3.63) is 30.3 Å². The van der Waals surface area contributed by atoms with Gasteiger partial charge in [0.15, 0.2) is 8.32 Å². The second-order valence-corrected chi connectivity index (χ2v) is 14.5. The van der Waals surface area contributed by atoms with Gasteiger partial charge >= 0.3 is 0 Å². The minimum Gasteiger partial charge on any atom is -0.407 e. The van der Waals surface area contributed by atoms with E-state index in [0.29, 0.717) is 5.92 Å². The SMILES string of the molecule is CO[C@@H]([C@H](C)[C@H](C=O)O[Si](C)(C)C(C)(C)C)[C@@H](C)CSc1ccccc1. The quantitative estimate of drug-likeness (QED) is 0.291. The lowest BCUT2D eigenvalue weighted by Gasteiger charge is -2.41. The minimum atomic E-state index is -2.01. The Balaban J connectivity index is 2.77. The number of hydrogen-bond acceptors (Lipinski definition) is 4. The molecule has 0 unspecified atom stereocenters. The number of carbonyl (C=O) groups excluding carboxylic acids is 1. The molecule has 0 aromatic heterocycles. The molecule has 0 radical (unpaired) electrons. The van der Waals surface area contributed by atoms with Gasteiger partial charge in [0, 0.05) is 23.7 Å². The van der Waals surface area contributed by atoms with Gasteiger partial charge in [-0.25, -0.2) is 0 Å². The van der Waals surface area contributed by atoms with E-state index in [9.17, 15) is 4.79 Å². The summed E-state index contributed by atoms with van der Waals surface area (Å²) in [6.07, 6.45) is 0.519. The zero-order valence-electron chi connectivity index (χ0n) is 17.6. The molecule has 0 N–H and O–H groups in total. The molecule has 0 aliphatic carbocycles.